The van der Waals surface area contributed by atoms with Crippen LogP contribution in [-0.2, 0) is 25.2 Å². The summed E-state index contributed by atoms with van der Waals surface area (Å²) in [6, 6.07) is 37.9. The molecule has 4 aromatic rings. The van der Waals surface area contributed by atoms with Crippen molar-refractivity contribution in [3.05, 3.63) is 144 Å². The van der Waals surface area contributed by atoms with Gasteiger partial charge in [0.05, 0.1) is 0 Å². The maximum atomic E-state index is 13.8. The molecule has 0 bridgehead atoms. The fourth-order valence-electron chi connectivity index (χ4n) is 4.97. The largest absolute Gasteiger partial charge is 0.391 e. The topological polar surface area (TPSA) is 43.4 Å². The van der Waals surface area contributed by atoms with Crippen LogP contribution in [0, 0.1) is 0 Å². The van der Waals surface area contributed by atoms with Gasteiger partial charge in [0, 0.05) is 0 Å². The predicted molar refractivity (Wildman–Crippen MR) is 118 cm³/mol. The van der Waals surface area contributed by atoms with Crippen molar-refractivity contribution in [1.29, 1.82) is 0 Å². The van der Waals surface area contributed by atoms with Crippen molar-refractivity contribution in [1.82, 2.24) is 0 Å². The van der Waals surface area contributed by atoms with Crippen molar-refractivity contribution in [2.24, 2.45) is 0 Å². The minimum absolute atomic E-state index is 0.567. The van der Waals surface area contributed by atoms with E-state index in [1.807, 2.05) is 121 Å². The summed E-state index contributed by atoms with van der Waals surface area (Å²) >= 11 is 0. The van der Waals surface area contributed by atoms with Crippen LogP contribution in [0.25, 0.3) is 0 Å². The van der Waals surface area contributed by atoms with Crippen LogP contribution in [0.4, 0.5) is 0 Å². The molecule has 3 nitrogen and oxygen atoms in total. The van der Waals surface area contributed by atoms with Gasteiger partial charge in [0.15, 0.2) is 0 Å². The third kappa shape index (κ3) is 2.53. The summed E-state index contributed by atoms with van der Waals surface area (Å²) in [5.41, 5.74) is 0.0916. The number of hydrogen-bond acceptors (Lipinski definition) is 3. The molecule has 0 atom stereocenters. The first-order valence-corrected chi connectivity index (χ1v) is 10.2. The van der Waals surface area contributed by atoms with Crippen LogP contribution in [0.5, 0.6) is 0 Å². The van der Waals surface area contributed by atoms with E-state index in [4.69, 9.17) is 4.74 Å². The van der Waals surface area contributed by atoms with Gasteiger partial charge in [-0.15, -0.1) is 0 Å². The summed E-state index contributed by atoms with van der Waals surface area (Å²) in [6.45, 7) is 0. The van der Waals surface area contributed by atoms with Gasteiger partial charge in [0.25, 0.3) is 0 Å². The summed E-state index contributed by atoms with van der Waals surface area (Å²) in [6.07, 6.45) is 0. The molecule has 1 heterocycles. The van der Waals surface area contributed by atoms with Gasteiger partial charge >= 0.3 is 11.9 Å². The zero-order chi connectivity index (χ0) is 21.3. The number of hydrogen-bond donors (Lipinski definition) is 0. The lowest BCUT2D eigenvalue weighted by atomic mass is 9.53. The molecule has 1 fully saturated rings. The molecule has 150 valence electrons. The van der Waals surface area contributed by atoms with Gasteiger partial charge in [-0.25, -0.2) is 0 Å². The summed E-state index contributed by atoms with van der Waals surface area (Å²) in [4.78, 5) is 27.7. The Kier molecular flexibility index (Phi) is 4.52. The molecule has 0 amide bonds. The molecule has 5 rings (SSSR count). The predicted octanol–water partition coefficient (Wildman–Crippen LogP) is 5.04. The van der Waals surface area contributed by atoms with Gasteiger partial charge in [-0.05, 0) is 22.3 Å². The Labute approximate surface area is 180 Å². The summed E-state index contributed by atoms with van der Waals surface area (Å²) < 4.78 is 5.53. The first-order chi connectivity index (χ1) is 15.2. The van der Waals surface area contributed by atoms with Crippen LogP contribution >= 0.6 is 0 Å². The average molecular weight is 404 g/mol. The molecule has 1 aliphatic rings. The van der Waals surface area contributed by atoms with Crippen LogP contribution in [0.2, 0.25) is 0 Å². The number of esters is 2. The van der Waals surface area contributed by atoms with Crippen LogP contribution in [0.1, 0.15) is 22.3 Å². The molecule has 1 aliphatic heterocycles. The van der Waals surface area contributed by atoms with Crippen molar-refractivity contribution >= 4 is 11.9 Å². The molecule has 0 unspecified atom stereocenters. The van der Waals surface area contributed by atoms with Gasteiger partial charge in [0.2, 0.25) is 0 Å². The molecular weight excluding hydrogens is 384 g/mol. The molecule has 3 heteroatoms. The minimum atomic E-state index is -1.38. The van der Waals surface area contributed by atoms with Crippen molar-refractivity contribution in [3.8, 4) is 0 Å². The molecule has 0 spiro atoms. The fraction of sp³-hybridized carbons (Fsp3) is 0.0714. The van der Waals surface area contributed by atoms with E-state index in [9.17, 15) is 9.59 Å². The third-order valence-electron chi connectivity index (χ3n) is 6.19. The number of cyclic esters (lactones) is 2. The van der Waals surface area contributed by atoms with Gasteiger partial charge < -0.3 is 4.74 Å². The van der Waals surface area contributed by atoms with E-state index in [0.717, 1.165) is 0 Å². The van der Waals surface area contributed by atoms with E-state index in [0.29, 0.717) is 22.3 Å². The van der Waals surface area contributed by atoms with Crippen molar-refractivity contribution in [2.45, 2.75) is 10.8 Å². The number of ether oxygens (including phenoxy) is 1. The molecule has 0 aromatic heterocycles. The number of rotatable bonds is 4. The highest BCUT2D eigenvalue weighted by molar-refractivity contribution is 6.13. The highest BCUT2D eigenvalue weighted by Gasteiger charge is 2.71. The lowest BCUT2D eigenvalue weighted by molar-refractivity contribution is -0.154. The SMILES string of the molecule is O=C1OC(=O)C(c2ccccc2)(c2ccccc2)C1(c1ccccc1)c1ccccc1. The molecule has 0 radical (unpaired) electrons. The Morgan fingerprint density at radius 1 is 0.387 bits per heavy atom. The summed E-state index contributed by atoms with van der Waals surface area (Å²) in [7, 11) is 0. The van der Waals surface area contributed by atoms with Crippen LogP contribution < -0.4 is 0 Å². The quantitative estimate of drug-likeness (QED) is 0.353. The zero-order valence-corrected chi connectivity index (χ0v) is 16.8. The molecule has 4 aromatic carbocycles. The van der Waals surface area contributed by atoms with Gasteiger partial charge in [0.1, 0.15) is 10.8 Å². The Morgan fingerprint density at radius 2 is 0.613 bits per heavy atom. The highest BCUT2D eigenvalue weighted by Crippen LogP contribution is 2.57. The van der Waals surface area contributed by atoms with E-state index < -0.39 is 22.8 Å². The van der Waals surface area contributed by atoms with E-state index in [2.05, 4.69) is 0 Å². The maximum absolute atomic E-state index is 13.8. The van der Waals surface area contributed by atoms with E-state index in [-0.39, 0.29) is 0 Å². The summed E-state index contributed by atoms with van der Waals surface area (Å²) in [5, 5.41) is 0. The maximum Gasteiger partial charge on any atom is 0.330 e. The summed E-state index contributed by atoms with van der Waals surface area (Å²) in [5.74, 6) is -1.13. The second-order valence-corrected chi connectivity index (χ2v) is 7.64. The average Bonchev–Trinajstić information content (AvgIpc) is 3.08. The lowest BCUT2D eigenvalue weighted by Gasteiger charge is -2.42. The third-order valence-corrected chi connectivity index (χ3v) is 6.19. The number of benzene rings is 4. The molecule has 1 saturated heterocycles. The van der Waals surface area contributed by atoms with Crippen LogP contribution in [0.3, 0.4) is 0 Å². The fourth-order valence-corrected chi connectivity index (χ4v) is 4.97. The molecule has 0 N–H and O–H groups in total. The zero-order valence-electron chi connectivity index (χ0n) is 16.8. The van der Waals surface area contributed by atoms with Gasteiger partial charge in [-0.2, -0.15) is 0 Å². The Morgan fingerprint density at radius 3 is 0.839 bits per heavy atom. The Hall–Kier alpha value is -3.98. The van der Waals surface area contributed by atoms with E-state index in [1.54, 1.807) is 0 Å². The first kappa shape index (κ1) is 19.0. The second-order valence-electron chi connectivity index (χ2n) is 7.64. The van der Waals surface area contributed by atoms with E-state index in [1.165, 1.54) is 0 Å². The van der Waals surface area contributed by atoms with Gasteiger partial charge in [-0.3, -0.25) is 9.59 Å². The molecular formula is C28H20O3. The van der Waals surface area contributed by atoms with Crippen molar-refractivity contribution in [3.63, 3.8) is 0 Å². The highest BCUT2D eigenvalue weighted by atomic mass is 16.6. The molecule has 31 heavy (non-hydrogen) atoms. The smallest absolute Gasteiger partial charge is 0.330 e. The second kappa shape index (κ2) is 7.37. The Bertz CT molecular complexity index is 1040. The minimum Gasteiger partial charge on any atom is -0.391 e. The normalized spacial score (nSPS) is 16.6. The molecule has 0 saturated carbocycles. The van der Waals surface area contributed by atoms with Crippen LogP contribution in [0.15, 0.2) is 121 Å². The van der Waals surface area contributed by atoms with E-state index >= 15 is 0 Å². The molecule has 0 aliphatic carbocycles. The number of carbonyl (C=O) groups excluding carboxylic acids is 2. The monoisotopic (exact) mass is 404 g/mol. The van der Waals surface area contributed by atoms with Gasteiger partial charge in [-0.1, -0.05) is 121 Å². The number of carbonyl (C=O) groups is 2. The van der Waals surface area contributed by atoms with Crippen LogP contribution in [-0.4, -0.2) is 11.9 Å². The Balaban J connectivity index is 2.01. The van der Waals surface area contributed by atoms with Crippen molar-refractivity contribution in [2.75, 3.05) is 0 Å². The lowest BCUT2D eigenvalue weighted by Crippen LogP contribution is -2.53. The van der Waals surface area contributed by atoms with Crippen molar-refractivity contribution < 1.29 is 14.3 Å². The standard InChI is InChI=1S/C28H20O3/c29-25-27(21-13-5-1-6-14-21,22-15-7-2-8-16-22)28(26(30)31-25,23-17-9-3-10-18-23)24-19-11-4-12-20-24/h1-20H. The first-order valence-electron chi connectivity index (χ1n) is 10.2.